The van der Waals surface area contributed by atoms with Gasteiger partial charge in [0.2, 0.25) is 0 Å². The van der Waals surface area contributed by atoms with Gasteiger partial charge >= 0.3 is 0 Å². The molecule has 1 saturated heterocycles. The summed E-state index contributed by atoms with van der Waals surface area (Å²) in [6, 6.07) is 10.7. The van der Waals surface area contributed by atoms with Crippen LogP contribution >= 0.6 is 0 Å². The summed E-state index contributed by atoms with van der Waals surface area (Å²) in [5.74, 6) is 0. The van der Waals surface area contributed by atoms with Crippen LogP contribution in [0.15, 0.2) is 30.3 Å². The summed E-state index contributed by atoms with van der Waals surface area (Å²) in [6.07, 6.45) is 5.04. The van der Waals surface area contributed by atoms with E-state index in [9.17, 15) is 5.11 Å². The first kappa shape index (κ1) is 13.6. The monoisotopic (exact) mass is 247 g/mol. The van der Waals surface area contributed by atoms with Crippen LogP contribution in [0.1, 0.15) is 38.2 Å². The molecule has 1 aliphatic heterocycles. The molecule has 1 aromatic rings. The average molecular weight is 247 g/mol. The van der Waals surface area contributed by atoms with Crippen molar-refractivity contribution in [2.45, 2.75) is 44.6 Å². The summed E-state index contributed by atoms with van der Waals surface area (Å²) in [5.41, 5.74) is 1.03. The molecule has 1 N–H and O–H groups in total. The highest BCUT2D eigenvalue weighted by molar-refractivity contribution is 5.14. The molecule has 1 aliphatic rings. The largest absolute Gasteiger partial charge is 0.390 e. The molecule has 0 radical (unpaired) electrons. The Morgan fingerprint density at radius 2 is 1.83 bits per heavy atom. The van der Waals surface area contributed by atoms with Gasteiger partial charge in [-0.3, -0.25) is 0 Å². The van der Waals surface area contributed by atoms with Gasteiger partial charge in [0.05, 0.1) is 5.60 Å². The lowest BCUT2D eigenvalue weighted by molar-refractivity contribution is -0.0277. The average Bonchev–Trinajstić information content (AvgIpc) is 2.40. The third-order valence-electron chi connectivity index (χ3n) is 4.06. The minimum Gasteiger partial charge on any atom is -0.390 e. The Morgan fingerprint density at radius 1 is 1.17 bits per heavy atom. The lowest BCUT2D eigenvalue weighted by Gasteiger charge is -2.38. The highest BCUT2D eigenvalue weighted by Crippen LogP contribution is 2.26. The summed E-state index contributed by atoms with van der Waals surface area (Å²) < 4.78 is 0. The molecular weight excluding hydrogens is 222 g/mol. The van der Waals surface area contributed by atoms with Crippen molar-refractivity contribution in [1.82, 2.24) is 4.90 Å². The van der Waals surface area contributed by atoms with Crippen molar-refractivity contribution in [3.63, 3.8) is 0 Å². The summed E-state index contributed by atoms with van der Waals surface area (Å²) >= 11 is 0. The maximum Gasteiger partial charge on any atom is 0.0672 e. The second kappa shape index (κ2) is 6.35. The van der Waals surface area contributed by atoms with Crippen LogP contribution in [0.5, 0.6) is 0 Å². The van der Waals surface area contributed by atoms with E-state index in [-0.39, 0.29) is 5.60 Å². The molecule has 2 heteroatoms. The molecule has 0 aromatic heterocycles. The molecule has 0 aliphatic carbocycles. The van der Waals surface area contributed by atoms with Crippen LogP contribution in [0, 0.1) is 0 Å². The van der Waals surface area contributed by atoms with Gasteiger partial charge in [-0.15, -0.1) is 0 Å². The van der Waals surface area contributed by atoms with Crippen LogP contribution in [0.4, 0.5) is 0 Å². The van der Waals surface area contributed by atoms with Crippen molar-refractivity contribution in [2.24, 2.45) is 0 Å². The molecule has 0 saturated carbocycles. The molecule has 2 rings (SSSR count). The molecule has 0 spiro atoms. The topological polar surface area (TPSA) is 23.5 Å². The van der Waals surface area contributed by atoms with Gasteiger partial charge in [-0.2, -0.15) is 0 Å². The molecule has 2 nitrogen and oxygen atoms in total. The van der Waals surface area contributed by atoms with Crippen molar-refractivity contribution in [3.05, 3.63) is 35.9 Å². The minimum atomic E-state index is -0.377. The predicted molar refractivity (Wildman–Crippen MR) is 75.7 cm³/mol. The fourth-order valence-corrected chi connectivity index (χ4v) is 2.84. The molecule has 100 valence electrons. The lowest BCUT2D eigenvalue weighted by atomic mass is 9.87. The molecule has 0 amide bonds. The first-order valence-corrected chi connectivity index (χ1v) is 7.20. The number of aliphatic hydroxyl groups is 1. The number of nitrogens with zero attached hydrogens (tertiary/aromatic N) is 1. The Morgan fingerprint density at radius 3 is 2.44 bits per heavy atom. The van der Waals surface area contributed by atoms with Crippen LogP contribution in [0.25, 0.3) is 0 Å². The Labute approximate surface area is 111 Å². The Balaban J connectivity index is 1.74. The van der Waals surface area contributed by atoms with Gasteiger partial charge in [0.25, 0.3) is 0 Å². The van der Waals surface area contributed by atoms with Gasteiger partial charge in [0, 0.05) is 19.6 Å². The van der Waals surface area contributed by atoms with Crippen LogP contribution in [0.2, 0.25) is 0 Å². The first-order valence-electron chi connectivity index (χ1n) is 7.20. The number of hydrogen-bond donors (Lipinski definition) is 1. The first-order chi connectivity index (χ1) is 8.72. The zero-order chi connectivity index (χ0) is 12.8. The molecular formula is C16H25NO. The van der Waals surface area contributed by atoms with E-state index >= 15 is 0 Å². The Kier molecular flexibility index (Phi) is 4.79. The van der Waals surface area contributed by atoms with E-state index in [2.05, 4.69) is 42.2 Å². The normalized spacial score (nSPS) is 19.9. The molecule has 0 bridgehead atoms. The Bertz CT molecular complexity index is 341. The standard InChI is InChI=1S/C16H25NO/c1-2-9-16(18)10-13-17(14-11-16)12-8-15-6-4-3-5-7-15/h3-7,18H,2,8-14H2,1H3. The second-order valence-corrected chi connectivity index (χ2v) is 5.55. The van der Waals surface area contributed by atoms with Crippen LogP contribution in [0.3, 0.4) is 0 Å². The van der Waals surface area contributed by atoms with Crippen LogP contribution in [-0.2, 0) is 6.42 Å². The van der Waals surface area contributed by atoms with E-state index in [0.717, 1.165) is 51.7 Å². The summed E-state index contributed by atoms with van der Waals surface area (Å²) in [6.45, 7) is 5.36. The molecule has 1 heterocycles. The quantitative estimate of drug-likeness (QED) is 0.865. The van der Waals surface area contributed by atoms with Gasteiger partial charge in [-0.05, 0) is 31.2 Å². The van der Waals surface area contributed by atoms with Crippen molar-refractivity contribution >= 4 is 0 Å². The molecule has 1 fully saturated rings. The van der Waals surface area contributed by atoms with E-state index in [0.29, 0.717) is 0 Å². The summed E-state index contributed by atoms with van der Waals surface area (Å²) in [5, 5.41) is 10.3. The van der Waals surface area contributed by atoms with E-state index in [1.165, 1.54) is 5.56 Å². The number of likely N-dealkylation sites (tertiary alicyclic amines) is 1. The highest BCUT2D eigenvalue weighted by Gasteiger charge is 2.30. The number of rotatable bonds is 5. The zero-order valence-corrected chi connectivity index (χ0v) is 11.4. The zero-order valence-electron chi connectivity index (χ0n) is 11.4. The van der Waals surface area contributed by atoms with E-state index < -0.39 is 0 Å². The van der Waals surface area contributed by atoms with Gasteiger partial charge in [-0.1, -0.05) is 43.7 Å². The molecule has 0 atom stereocenters. The van der Waals surface area contributed by atoms with Crippen molar-refractivity contribution in [3.8, 4) is 0 Å². The van der Waals surface area contributed by atoms with Crippen LogP contribution < -0.4 is 0 Å². The maximum atomic E-state index is 10.3. The van der Waals surface area contributed by atoms with Crippen LogP contribution in [-0.4, -0.2) is 35.2 Å². The van der Waals surface area contributed by atoms with Gasteiger partial charge in [0.15, 0.2) is 0 Å². The summed E-state index contributed by atoms with van der Waals surface area (Å²) in [4.78, 5) is 2.48. The maximum absolute atomic E-state index is 10.3. The predicted octanol–water partition coefficient (Wildman–Crippen LogP) is 2.86. The van der Waals surface area contributed by atoms with Crippen molar-refractivity contribution in [1.29, 1.82) is 0 Å². The third-order valence-corrected chi connectivity index (χ3v) is 4.06. The fourth-order valence-electron chi connectivity index (χ4n) is 2.84. The van der Waals surface area contributed by atoms with Crippen molar-refractivity contribution < 1.29 is 5.11 Å². The minimum absolute atomic E-state index is 0.377. The molecule has 18 heavy (non-hydrogen) atoms. The number of hydrogen-bond acceptors (Lipinski definition) is 2. The Hall–Kier alpha value is -0.860. The SMILES string of the molecule is CCCC1(O)CCN(CCc2ccccc2)CC1. The van der Waals surface area contributed by atoms with E-state index in [4.69, 9.17) is 0 Å². The van der Waals surface area contributed by atoms with E-state index in [1.54, 1.807) is 0 Å². The van der Waals surface area contributed by atoms with E-state index in [1.807, 2.05) is 0 Å². The second-order valence-electron chi connectivity index (χ2n) is 5.55. The highest BCUT2D eigenvalue weighted by atomic mass is 16.3. The lowest BCUT2D eigenvalue weighted by Crippen LogP contribution is -2.44. The van der Waals surface area contributed by atoms with Gasteiger partial charge in [0.1, 0.15) is 0 Å². The molecule has 0 unspecified atom stereocenters. The molecule has 1 aromatic carbocycles. The van der Waals surface area contributed by atoms with Gasteiger partial charge in [-0.25, -0.2) is 0 Å². The number of benzene rings is 1. The van der Waals surface area contributed by atoms with Crippen molar-refractivity contribution in [2.75, 3.05) is 19.6 Å². The number of piperidine rings is 1. The smallest absolute Gasteiger partial charge is 0.0672 e. The fraction of sp³-hybridized carbons (Fsp3) is 0.625. The summed E-state index contributed by atoms with van der Waals surface area (Å²) in [7, 11) is 0. The third kappa shape index (κ3) is 3.82. The van der Waals surface area contributed by atoms with Gasteiger partial charge < -0.3 is 10.0 Å².